The predicted molar refractivity (Wildman–Crippen MR) is 125 cm³/mol. The minimum Gasteiger partial charge on any atom is -0.453 e. The van der Waals surface area contributed by atoms with Gasteiger partial charge in [0.05, 0.1) is 23.9 Å². The van der Waals surface area contributed by atoms with Crippen LogP contribution in [0.25, 0.3) is 16.9 Å². The Balaban J connectivity index is 1.67. The fourth-order valence-corrected chi connectivity index (χ4v) is 4.72. The number of anilines is 1. The normalized spacial score (nSPS) is 16.4. The molecular weight excluding hydrogens is 460 g/mol. The van der Waals surface area contributed by atoms with Crippen molar-refractivity contribution in [1.29, 1.82) is 0 Å². The number of nitrogens with one attached hydrogen (secondary N) is 1. The van der Waals surface area contributed by atoms with Crippen molar-refractivity contribution in [3.63, 3.8) is 0 Å². The number of hydrogen-bond donors (Lipinski definition) is 2. The number of fused-ring (bicyclic) bond motifs is 1. The van der Waals surface area contributed by atoms with Crippen LogP contribution in [0.4, 0.5) is 10.6 Å². The van der Waals surface area contributed by atoms with Gasteiger partial charge in [0.1, 0.15) is 5.69 Å². The molecule has 1 aliphatic heterocycles. The van der Waals surface area contributed by atoms with Gasteiger partial charge >= 0.3 is 6.09 Å². The van der Waals surface area contributed by atoms with Crippen molar-refractivity contribution in [1.82, 2.24) is 24.6 Å². The number of imidazole rings is 1. The number of sulfone groups is 1. The molecule has 3 aromatic rings. The number of ether oxygens (including phenoxy) is 1. The number of nitrogens with zero attached hydrogens (tertiary/aromatic N) is 4. The summed E-state index contributed by atoms with van der Waals surface area (Å²) < 4.78 is 30.5. The lowest BCUT2D eigenvalue weighted by atomic mass is 10.1. The molecule has 1 aromatic carbocycles. The standard InChI is InChI=1S/C22H26N6O5S/c1-13-6-7-15(34(3,31)32)9-16(13)18-10-24-20-19(23)26-17(12-28(18)20)21(29)25-14-5-4-8-27(11-14)22(30)33-2/h6-7,9-10,12,14H,4-5,8,11H2,1-3H3,(H2,23,26)(H,25,29). The third-order valence-corrected chi connectivity index (χ3v) is 6.96. The van der Waals surface area contributed by atoms with Gasteiger partial charge in [-0.3, -0.25) is 9.20 Å². The van der Waals surface area contributed by atoms with E-state index in [0.29, 0.717) is 36.4 Å². The summed E-state index contributed by atoms with van der Waals surface area (Å²) in [7, 11) is -2.09. The maximum absolute atomic E-state index is 13.0. The number of aryl methyl sites for hydroxylation is 1. The summed E-state index contributed by atoms with van der Waals surface area (Å²) >= 11 is 0. The van der Waals surface area contributed by atoms with Crippen LogP contribution in [0.2, 0.25) is 0 Å². The Morgan fingerprint density at radius 2 is 2.06 bits per heavy atom. The van der Waals surface area contributed by atoms with Crippen molar-refractivity contribution in [2.75, 3.05) is 32.2 Å². The molecule has 2 aromatic heterocycles. The fourth-order valence-electron chi connectivity index (χ4n) is 4.08. The van der Waals surface area contributed by atoms with Crippen LogP contribution in [0.3, 0.4) is 0 Å². The number of carbonyl (C=O) groups is 2. The quantitative estimate of drug-likeness (QED) is 0.565. The number of benzene rings is 1. The van der Waals surface area contributed by atoms with E-state index in [9.17, 15) is 18.0 Å². The first-order chi connectivity index (χ1) is 16.1. The summed E-state index contributed by atoms with van der Waals surface area (Å²) in [5.41, 5.74) is 8.59. The van der Waals surface area contributed by atoms with Gasteiger partial charge in [-0.1, -0.05) is 6.07 Å². The Bertz CT molecular complexity index is 1380. The number of nitrogens with two attached hydrogens (primary N) is 1. The Hall–Kier alpha value is -3.67. The highest BCUT2D eigenvalue weighted by atomic mass is 32.2. The molecule has 1 saturated heterocycles. The topological polar surface area (TPSA) is 149 Å². The molecule has 180 valence electrons. The van der Waals surface area contributed by atoms with Gasteiger partial charge in [-0.25, -0.2) is 23.2 Å². The van der Waals surface area contributed by atoms with Gasteiger partial charge < -0.3 is 20.7 Å². The van der Waals surface area contributed by atoms with Gasteiger partial charge in [-0.15, -0.1) is 0 Å². The molecule has 0 radical (unpaired) electrons. The molecule has 4 rings (SSSR count). The van der Waals surface area contributed by atoms with Crippen LogP contribution in [-0.4, -0.2) is 72.2 Å². The van der Waals surface area contributed by atoms with Gasteiger partial charge in [0.2, 0.25) is 0 Å². The second-order valence-corrected chi connectivity index (χ2v) is 10.3. The van der Waals surface area contributed by atoms with E-state index < -0.39 is 21.8 Å². The van der Waals surface area contributed by atoms with Crippen molar-refractivity contribution in [2.24, 2.45) is 0 Å². The molecule has 34 heavy (non-hydrogen) atoms. The number of nitrogen functional groups attached to an aromatic ring is 1. The fraction of sp³-hybridized carbons (Fsp3) is 0.364. The van der Waals surface area contributed by atoms with E-state index >= 15 is 0 Å². The van der Waals surface area contributed by atoms with Gasteiger partial charge in [0.25, 0.3) is 5.91 Å². The first kappa shape index (κ1) is 23.5. The van der Waals surface area contributed by atoms with Crippen LogP contribution in [0.5, 0.6) is 0 Å². The Morgan fingerprint density at radius 3 is 2.76 bits per heavy atom. The first-order valence-corrected chi connectivity index (χ1v) is 12.6. The van der Waals surface area contributed by atoms with E-state index in [1.807, 2.05) is 6.92 Å². The van der Waals surface area contributed by atoms with Crippen LogP contribution in [0, 0.1) is 6.92 Å². The van der Waals surface area contributed by atoms with Crippen molar-refractivity contribution in [3.05, 3.63) is 41.9 Å². The van der Waals surface area contributed by atoms with Crippen LogP contribution >= 0.6 is 0 Å². The largest absolute Gasteiger partial charge is 0.453 e. The molecule has 1 aliphatic rings. The van der Waals surface area contributed by atoms with Crippen molar-refractivity contribution >= 4 is 33.3 Å². The summed E-state index contributed by atoms with van der Waals surface area (Å²) in [6.45, 7) is 2.76. The second kappa shape index (κ2) is 8.93. The van der Waals surface area contributed by atoms with Crippen LogP contribution in [0.1, 0.15) is 28.9 Å². The third-order valence-electron chi connectivity index (χ3n) is 5.85. The Morgan fingerprint density at radius 1 is 1.29 bits per heavy atom. The molecule has 3 heterocycles. The maximum atomic E-state index is 13.0. The van der Waals surface area contributed by atoms with E-state index in [1.54, 1.807) is 33.7 Å². The van der Waals surface area contributed by atoms with Gasteiger partial charge in [0, 0.05) is 37.1 Å². The molecule has 3 N–H and O–H groups in total. The lowest BCUT2D eigenvalue weighted by Crippen LogP contribution is -2.49. The highest BCUT2D eigenvalue weighted by Crippen LogP contribution is 2.28. The molecule has 0 aliphatic carbocycles. The molecule has 2 amide bonds. The zero-order valence-electron chi connectivity index (χ0n) is 19.1. The Kier molecular flexibility index (Phi) is 6.17. The highest BCUT2D eigenvalue weighted by Gasteiger charge is 2.26. The van der Waals surface area contributed by atoms with Crippen LogP contribution in [0.15, 0.2) is 35.5 Å². The number of amides is 2. The third kappa shape index (κ3) is 4.53. The highest BCUT2D eigenvalue weighted by molar-refractivity contribution is 7.90. The molecular formula is C22H26N6O5S. The smallest absolute Gasteiger partial charge is 0.409 e. The summed E-state index contributed by atoms with van der Waals surface area (Å²) in [5.74, 6) is -0.373. The van der Waals surface area contributed by atoms with Crippen molar-refractivity contribution < 1.29 is 22.7 Å². The van der Waals surface area contributed by atoms with Gasteiger partial charge in [-0.05, 0) is 37.5 Å². The number of aromatic nitrogens is 3. The molecule has 1 atom stereocenters. The number of methoxy groups -OCH3 is 1. The van der Waals surface area contributed by atoms with Gasteiger partial charge in [-0.2, -0.15) is 0 Å². The average molecular weight is 487 g/mol. The maximum Gasteiger partial charge on any atom is 0.409 e. The summed E-state index contributed by atoms with van der Waals surface area (Å²) in [6, 6.07) is 4.59. The zero-order valence-corrected chi connectivity index (χ0v) is 19.9. The van der Waals surface area contributed by atoms with E-state index in [4.69, 9.17) is 10.5 Å². The molecule has 1 fully saturated rings. The Labute approximate surface area is 196 Å². The predicted octanol–water partition coefficient (Wildman–Crippen LogP) is 1.65. The van der Waals surface area contributed by atoms with E-state index in [1.165, 1.54) is 13.3 Å². The minimum atomic E-state index is -3.41. The van der Waals surface area contributed by atoms with Crippen molar-refractivity contribution in [2.45, 2.75) is 30.7 Å². The molecule has 12 heteroatoms. The number of carbonyl (C=O) groups excluding carboxylic acids is 2. The summed E-state index contributed by atoms with van der Waals surface area (Å²) in [4.78, 5) is 35.1. The van der Waals surface area contributed by atoms with E-state index in [0.717, 1.165) is 18.2 Å². The molecule has 0 saturated carbocycles. The van der Waals surface area contributed by atoms with Crippen LogP contribution in [-0.2, 0) is 14.6 Å². The number of likely N-dealkylation sites (tertiary alicyclic amines) is 1. The minimum absolute atomic E-state index is 0.0654. The molecule has 1 unspecified atom stereocenters. The van der Waals surface area contributed by atoms with Gasteiger partial charge in [0.15, 0.2) is 21.3 Å². The average Bonchev–Trinajstić information content (AvgIpc) is 3.22. The van der Waals surface area contributed by atoms with Crippen LogP contribution < -0.4 is 11.1 Å². The zero-order chi connectivity index (χ0) is 24.6. The lowest BCUT2D eigenvalue weighted by molar-refractivity contribution is 0.0860. The van der Waals surface area contributed by atoms with E-state index in [2.05, 4.69) is 15.3 Å². The van der Waals surface area contributed by atoms with E-state index in [-0.39, 0.29) is 22.4 Å². The molecule has 0 bridgehead atoms. The summed E-state index contributed by atoms with van der Waals surface area (Å²) in [5, 5.41) is 2.91. The molecule has 0 spiro atoms. The monoisotopic (exact) mass is 486 g/mol. The summed E-state index contributed by atoms with van der Waals surface area (Å²) in [6.07, 6.45) is 5.25. The second-order valence-electron chi connectivity index (χ2n) is 8.33. The van der Waals surface area contributed by atoms with Crippen molar-refractivity contribution in [3.8, 4) is 11.3 Å². The SMILES string of the molecule is COC(=O)N1CCCC(NC(=O)c2cn3c(-c4cc(S(C)(=O)=O)ccc4C)cnc3c(N)n2)C1. The first-order valence-electron chi connectivity index (χ1n) is 10.7. The molecule has 11 nitrogen and oxygen atoms in total. The lowest BCUT2D eigenvalue weighted by Gasteiger charge is -2.32. The number of rotatable bonds is 4. The number of hydrogen-bond acceptors (Lipinski definition) is 8. The number of piperidine rings is 1.